The standard InChI is InChI=1S/C32H37N5O4S/c1-21-18-25(29(38)36-13-8-31(3,40)9-14-36)19-22(2)26(21)7-17-42(41)37-15-10-32(11-16-37)30(39)34-28(35-32)24-5-4-23-6-12-33-27(23)20-24/h4-7,12,17-20,33,40H,8-11,13-16H2,1-3H3,(H,34,35,39)/b17-7+. The lowest BCUT2D eigenvalue weighted by atomic mass is 9.89. The zero-order chi connectivity index (χ0) is 29.6. The SMILES string of the molecule is Cc1cc(C(=O)N2CCC(C)(O)CC2)cc(C)c1/C=C/[S+]([O-])N1CCC2(CC1)N=C(c1ccc3cc[nH]c3c1)NC2=O. The molecule has 2 aromatic carbocycles. The highest BCUT2D eigenvalue weighted by atomic mass is 32.2. The zero-order valence-electron chi connectivity index (χ0n) is 24.3. The molecule has 3 N–H and O–H groups in total. The summed E-state index contributed by atoms with van der Waals surface area (Å²) in [6.07, 6.45) is 5.89. The summed E-state index contributed by atoms with van der Waals surface area (Å²) in [5.74, 6) is 0.469. The van der Waals surface area contributed by atoms with Crippen LogP contribution in [0.15, 0.2) is 53.0 Å². The molecule has 0 bridgehead atoms. The van der Waals surface area contributed by atoms with Crippen LogP contribution in [0.3, 0.4) is 0 Å². The number of aromatic amines is 1. The first-order valence-electron chi connectivity index (χ1n) is 14.5. The van der Waals surface area contributed by atoms with E-state index >= 15 is 0 Å². The van der Waals surface area contributed by atoms with E-state index in [0.29, 0.717) is 63.3 Å². The van der Waals surface area contributed by atoms with E-state index in [1.54, 1.807) is 10.3 Å². The number of amidine groups is 1. The van der Waals surface area contributed by atoms with Gasteiger partial charge in [0.1, 0.15) is 16.8 Å². The van der Waals surface area contributed by atoms with Gasteiger partial charge in [-0.1, -0.05) is 12.1 Å². The molecule has 4 heterocycles. The quantitative estimate of drug-likeness (QED) is 0.392. The van der Waals surface area contributed by atoms with Gasteiger partial charge in [-0.3, -0.25) is 14.6 Å². The van der Waals surface area contributed by atoms with Gasteiger partial charge in [0.2, 0.25) is 0 Å². The summed E-state index contributed by atoms with van der Waals surface area (Å²) in [4.78, 5) is 36.0. The maximum absolute atomic E-state index is 13.2. The molecule has 2 saturated heterocycles. The summed E-state index contributed by atoms with van der Waals surface area (Å²) in [6.45, 7) is 7.80. The van der Waals surface area contributed by atoms with E-state index in [9.17, 15) is 19.2 Å². The Morgan fingerprint density at radius 1 is 1.05 bits per heavy atom. The van der Waals surface area contributed by atoms with Crippen LogP contribution < -0.4 is 5.32 Å². The Labute approximate surface area is 249 Å². The Morgan fingerprint density at radius 2 is 1.74 bits per heavy atom. The van der Waals surface area contributed by atoms with Crippen molar-refractivity contribution in [1.29, 1.82) is 0 Å². The van der Waals surface area contributed by atoms with E-state index in [1.165, 1.54) is 0 Å². The number of rotatable bonds is 5. The summed E-state index contributed by atoms with van der Waals surface area (Å²) >= 11 is -1.36. The van der Waals surface area contributed by atoms with Crippen LogP contribution in [-0.2, 0) is 16.2 Å². The van der Waals surface area contributed by atoms with Gasteiger partial charge in [0.05, 0.1) is 17.0 Å². The van der Waals surface area contributed by atoms with Crippen molar-refractivity contribution in [3.05, 3.63) is 75.8 Å². The lowest BCUT2D eigenvalue weighted by molar-refractivity contribution is -0.124. The molecule has 1 unspecified atom stereocenters. The van der Waals surface area contributed by atoms with Crippen molar-refractivity contribution in [3.8, 4) is 0 Å². The van der Waals surface area contributed by atoms with Crippen molar-refractivity contribution < 1.29 is 19.2 Å². The Morgan fingerprint density at radius 3 is 2.43 bits per heavy atom. The van der Waals surface area contributed by atoms with Crippen LogP contribution in [0, 0.1) is 13.8 Å². The van der Waals surface area contributed by atoms with Gasteiger partial charge >= 0.3 is 0 Å². The molecule has 220 valence electrons. The number of nitrogens with one attached hydrogen (secondary N) is 2. The van der Waals surface area contributed by atoms with Gasteiger partial charge in [-0.25, -0.2) is 0 Å². The molecule has 10 heteroatoms. The van der Waals surface area contributed by atoms with Gasteiger partial charge in [0, 0.05) is 49.0 Å². The van der Waals surface area contributed by atoms with Crippen LogP contribution in [0.25, 0.3) is 17.0 Å². The van der Waals surface area contributed by atoms with E-state index < -0.39 is 22.5 Å². The first kappa shape index (κ1) is 28.7. The smallest absolute Gasteiger partial charge is 0.253 e. The van der Waals surface area contributed by atoms with Crippen LogP contribution in [-0.4, -0.2) is 78.8 Å². The normalized spacial score (nSPS) is 21.2. The van der Waals surface area contributed by atoms with Gasteiger partial charge in [0.25, 0.3) is 11.8 Å². The number of aliphatic hydroxyl groups is 1. The molecule has 3 aliphatic heterocycles. The fourth-order valence-corrected chi connectivity index (χ4v) is 7.14. The van der Waals surface area contributed by atoms with Crippen molar-refractivity contribution >= 4 is 46.0 Å². The summed E-state index contributed by atoms with van der Waals surface area (Å²) in [5, 5.41) is 16.0. The predicted octanol–water partition coefficient (Wildman–Crippen LogP) is 3.82. The molecule has 0 saturated carbocycles. The first-order chi connectivity index (χ1) is 20.0. The number of likely N-dealkylation sites (tertiary alicyclic amines) is 1. The molecule has 6 rings (SSSR count). The maximum atomic E-state index is 13.2. The molecule has 1 aromatic heterocycles. The van der Waals surface area contributed by atoms with Crippen molar-refractivity contribution in [2.75, 3.05) is 26.2 Å². The zero-order valence-corrected chi connectivity index (χ0v) is 25.1. The number of nitrogens with zero attached hydrogens (tertiary/aromatic N) is 3. The number of benzene rings is 2. The van der Waals surface area contributed by atoms with Crippen molar-refractivity contribution in [2.24, 2.45) is 4.99 Å². The molecular formula is C32H37N5O4S. The lowest BCUT2D eigenvalue weighted by Gasteiger charge is -2.36. The van der Waals surface area contributed by atoms with Crippen LogP contribution >= 0.6 is 0 Å². The van der Waals surface area contributed by atoms with Gasteiger partial charge in [-0.15, -0.1) is 4.31 Å². The second kappa shape index (κ2) is 11.0. The van der Waals surface area contributed by atoms with Gasteiger partial charge in [-0.2, -0.15) is 0 Å². The highest BCUT2D eigenvalue weighted by molar-refractivity contribution is 7.92. The predicted molar refractivity (Wildman–Crippen MR) is 165 cm³/mol. The molecule has 3 aromatic rings. The number of hydrogen-bond donors (Lipinski definition) is 3. The monoisotopic (exact) mass is 587 g/mol. The van der Waals surface area contributed by atoms with Crippen molar-refractivity contribution in [3.63, 3.8) is 0 Å². The Hall–Kier alpha value is -3.44. The largest absolute Gasteiger partial charge is 0.593 e. The van der Waals surface area contributed by atoms with Crippen molar-refractivity contribution in [1.82, 2.24) is 19.5 Å². The van der Waals surface area contributed by atoms with Gasteiger partial charge in [-0.05, 0) is 98.9 Å². The molecule has 1 spiro atoms. The fourth-order valence-electron chi connectivity index (χ4n) is 6.17. The number of carbonyl (C=O) groups excluding carboxylic acids is 2. The van der Waals surface area contributed by atoms with E-state index in [4.69, 9.17) is 4.99 Å². The summed E-state index contributed by atoms with van der Waals surface area (Å²) in [6, 6.07) is 11.7. The Bertz CT molecular complexity index is 1570. The Balaban J connectivity index is 1.09. The summed E-state index contributed by atoms with van der Waals surface area (Å²) in [5.41, 5.74) is 3.78. The number of aryl methyl sites for hydroxylation is 2. The van der Waals surface area contributed by atoms with E-state index in [1.807, 2.05) is 73.7 Å². The molecular weight excluding hydrogens is 550 g/mol. The second-order valence-electron chi connectivity index (χ2n) is 12.0. The number of aromatic nitrogens is 1. The number of piperidine rings is 2. The topological polar surface area (TPSA) is 124 Å². The third kappa shape index (κ3) is 5.51. The lowest BCUT2D eigenvalue weighted by Crippen LogP contribution is -2.50. The van der Waals surface area contributed by atoms with Crippen LogP contribution in [0.2, 0.25) is 0 Å². The highest BCUT2D eigenvalue weighted by Gasteiger charge is 2.47. The van der Waals surface area contributed by atoms with Gasteiger partial charge in [0.15, 0.2) is 0 Å². The third-order valence-electron chi connectivity index (χ3n) is 8.93. The number of fused-ring (bicyclic) bond motifs is 1. The number of hydrogen-bond acceptors (Lipinski definition) is 6. The maximum Gasteiger partial charge on any atom is 0.253 e. The van der Waals surface area contributed by atoms with Crippen LogP contribution in [0.4, 0.5) is 0 Å². The van der Waals surface area contributed by atoms with E-state index in [-0.39, 0.29) is 11.8 Å². The number of aliphatic imine (C=N–C) groups is 1. The molecule has 3 aliphatic rings. The molecule has 42 heavy (non-hydrogen) atoms. The van der Waals surface area contributed by atoms with Crippen molar-refractivity contribution in [2.45, 2.75) is 57.6 Å². The van der Waals surface area contributed by atoms with Crippen LogP contribution in [0.1, 0.15) is 65.2 Å². The van der Waals surface area contributed by atoms with E-state index in [0.717, 1.165) is 33.2 Å². The number of H-pyrrole nitrogens is 1. The summed E-state index contributed by atoms with van der Waals surface area (Å²) in [7, 11) is 0. The minimum atomic E-state index is -1.36. The molecule has 9 nitrogen and oxygen atoms in total. The fraction of sp³-hybridized carbons (Fsp3) is 0.406. The molecule has 1 atom stereocenters. The molecule has 2 fully saturated rings. The van der Waals surface area contributed by atoms with Crippen LogP contribution in [0.5, 0.6) is 0 Å². The second-order valence-corrected chi connectivity index (χ2v) is 13.4. The average molecular weight is 588 g/mol. The minimum Gasteiger partial charge on any atom is -0.593 e. The number of amides is 2. The number of carbonyl (C=O) groups is 2. The summed E-state index contributed by atoms with van der Waals surface area (Å²) < 4.78 is 15.1. The molecule has 0 radical (unpaired) electrons. The molecule has 2 amide bonds. The first-order valence-corrected chi connectivity index (χ1v) is 15.7. The van der Waals surface area contributed by atoms with Gasteiger partial charge < -0.3 is 24.9 Å². The van der Waals surface area contributed by atoms with E-state index in [2.05, 4.69) is 10.3 Å². The minimum absolute atomic E-state index is 0.0235. The molecule has 0 aliphatic carbocycles. The highest BCUT2D eigenvalue weighted by Crippen LogP contribution is 2.33. The average Bonchev–Trinajstić information content (AvgIpc) is 3.56. The third-order valence-corrected chi connectivity index (χ3v) is 10.2. The Kier molecular flexibility index (Phi) is 7.51.